The van der Waals surface area contributed by atoms with Crippen LogP contribution in [0.5, 0.6) is 0 Å². The molecule has 0 aromatic carbocycles. The number of aryl methyl sites for hydroxylation is 1. The molecule has 7 nitrogen and oxygen atoms in total. The van der Waals surface area contributed by atoms with Gasteiger partial charge in [0.05, 0.1) is 6.04 Å². The molecule has 0 bridgehead atoms. The number of carbonyl (C=O) groups excluding carboxylic acids is 2. The van der Waals surface area contributed by atoms with Crippen LogP contribution >= 0.6 is 0 Å². The molecule has 0 saturated carbocycles. The Bertz CT molecular complexity index is 560. The summed E-state index contributed by atoms with van der Waals surface area (Å²) in [5.74, 6) is 0.335. The van der Waals surface area contributed by atoms with Crippen molar-refractivity contribution in [2.45, 2.75) is 39.7 Å². The standard InChI is InChI=1S/C16H25N5O2/c1-4-12(3)14(17)15(22)20-8-5-9-21(20)16(23)19-13-7-6-11(2)10-18-13/h6-7,10,12,14H,4-5,8-9,17H2,1-3H3,(H,18,19,23)/t12-,14-/m0/s1. The van der Waals surface area contributed by atoms with E-state index < -0.39 is 6.04 Å². The van der Waals surface area contributed by atoms with Gasteiger partial charge in [0.2, 0.25) is 0 Å². The van der Waals surface area contributed by atoms with Crippen molar-refractivity contribution in [2.75, 3.05) is 18.4 Å². The van der Waals surface area contributed by atoms with Crippen LogP contribution < -0.4 is 11.1 Å². The SMILES string of the molecule is CC[C@H](C)[C@H](N)C(=O)N1CCCN1C(=O)Nc1ccc(C)cn1. The van der Waals surface area contributed by atoms with E-state index in [-0.39, 0.29) is 17.9 Å². The van der Waals surface area contributed by atoms with Crippen LogP contribution in [0.2, 0.25) is 0 Å². The number of carbonyl (C=O) groups is 2. The molecular formula is C16H25N5O2. The van der Waals surface area contributed by atoms with E-state index in [0.717, 1.165) is 18.4 Å². The second kappa shape index (κ2) is 7.41. The lowest BCUT2D eigenvalue weighted by Crippen LogP contribution is -2.53. The number of hydrogen-bond acceptors (Lipinski definition) is 4. The number of rotatable bonds is 4. The molecule has 1 aromatic rings. The number of pyridine rings is 1. The molecule has 7 heteroatoms. The zero-order chi connectivity index (χ0) is 17.0. The van der Waals surface area contributed by atoms with Crippen LogP contribution in [0.3, 0.4) is 0 Å². The van der Waals surface area contributed by atoms with Gasteiger partial charge in [0.1, 0.15) is 5.82 Å². The van der Waals surface area contributed by atoms with Crippen molar-refractivity contribution in [1.29, 1.82) is 0 Å². The highest BCUT2D eigenvalue weighted by atomic mass is 16.2. The fourth-order valence-electron chi connectivity index (χ4n) is 2.44. The Hall–Kier alpha value is -2.15. The maximum absolute atomic E-state index is 12.5. The smallest absolute Gasteiger partial charge is 0.320 e. The van der Waals surface area contributed by atoms with Crippen LogP contribution in [0.15, 0.2) is 18.3 Å². The van der Waals surface area contributed by atoms with Gasteiger partial charge in [0.15, 0.2) is 0 Å². The molecule has 126 valence electrons. The lowest BCUT2D eigenvalue weighted by atomic mass is 9.99. The second-order valence-corrected chi connectivity index (χ2v) is 6.00. The summed E-state index contributed by atoms with van der Waals surface area (Å²) < 4.78 is 0. The van der Waals surface area contributed by atoms with Gasteiger partial charge in [-0.15, -0.1) is 0 Å². The number of nitrogens with one attached hydrogen (secondary N) is 1. The topological polar surface area (TPSA) is 91.6 Å². The highest BCUT2D eigenvalue weighted by molar-refractivity contribution is 5.91. The number of amides is 3. The Labute approximate surface area is 136 Å². The Morgan fingerprint density at radius 2 is 2.04 bits per heavy atom. The van der Waals surface area contributed by atoms with Crippen LogP contribution in [-0.4, -0.2) is 46.1 Å². The highest BCUT2D eigenvalue weighted by Gasteiger charge is 2.34. The summed E-state index contributed by atoms with van der Waals surface area (Å²) in [6.45, 7) is 6.87. The van der Waals surface area contributed by atoms with Crippen molar-refractivity contribution in [3.8, 4) is 0 Å². The molecule has 2 rings (SSSR count). The van der Waals surface area contributed by atoms with E-state index in [1.807, 2.05) is 26.8 Å². The molecule has 1 saturated heterocycles. The van der Waals surface area contributed by atoms with E-state index in [4.69, 9.17) is 5.73 Å². The molecule has 23 heavy (non-hydrogen) atoms. The summed E-state index contributed by atoms with van der Waals surface area (Å²) >= 11 is 0. The van der Waals surface area contributed by atoms with Gasteiger partial charge in [-0.1, -0.05) is 26.3 Å². The van der Waals surface area contributed by atoms with Gasteiger partial charge >= 0.3 is 6.03 Å². The number of anilines is 1. The molecule has 2 atom stereocenters. The molecule has 2 heterocycles. The highest BCUT2D eigenvalue weighted by Crippen LogP contribution is 2.17. The van der Waals surface area contributed by atoms with Gasteiger partial charge in [0, 0.05) is 19.3 Å². The Morgan fingerprint density at radius 1 is 1.35 bits per heavy atom. The van der Waals surface area contributed by atoms with E-state index in [1.165, 1.54) is 10.0 Å². The van der Waals surface area contributed by atoms with Crippen LogP contribution in [0.25, 0.3) is 0 Å². The van der Waals surface area contributed by atoms with E-state index >= 15 is 0 Å². The predicted octanol–water partition coefficient (Wildman–Crippen LogP) is 1.74. The Balaban J connectivity index is 2.04. The van der Waals surface area contributed by atoms with E-state index in [2.05, 4.69) is 10.3 Å². The molecule has 3 N–H and O–H groups in total. The van der Waals surface area contributed by atoms with Crippen LogP contribution in [-0.2, 0) is 4.79 Å². The van der Waals surface area contributed by atoms with Crippen molar-refractivity contribution in [1.82, 2.24) is 15.0 Å². The minimum absolute atomic E-state index is 0.0757. The van der Waals surface area contributed by atoms with Gasteiger partial charge in [-0.3, -0.25) is 10.1 Å². The average molecular weight is 319 g/mol. The van der Waals surface area contributed by atoms with Crippen molar-refractivity contribution in [3.63, 3.8) is 0 Å². The van der Waals surface area contributed by atoms with Crippen LogP contribution in [0.4, 0.5) is 10.6 Å². The van der Waals surface area contributed by atoms with Crippen molar-refractivity contribution in [2.24, 2.45) is 11.7 Å². The van der Waals surface area contributed by atoms with Crippen LogP contribution in [0.1, 0.15) is 32.3 Å². The Morgan fingerprint density at radius 3 is 2.65 bits per heavy atom. The predicted molar refractivity (Wildman–Crippen MR) is 88.5 cm³/mol. The first-order valence-corrected chi connectivity index (χ1v) is 8.02. The molecule has 1 aromatic heterocycles. The first-order valence-electron chi connectivity index (χ1n) is 8.02. The normalized spacial score (nSPS) is 17.0. The minimum atomic E-state index is -0.592. The summed E-state index contributed by atoms with van der Waals surface area (Å²) in [5, 5.41) is 5.60. The number of hydrazine groups is 1. The molecule has 1 fully saturated rings. The van der Waals surface area contributed by atoms with Gasteiger partial charge < -0.3 is 5.73 Å². The summed E-state index contributed by atoms with van der Waals surface area (Å²) in [6.07, 6.45) is 3.25. The third-order valence-electron chi connectivity index (χ3n) is 4.21. The molecule has 0 unspecified atom stereocenters. The Kier molecular flexibility index (Phi) is 5.54. The summed E-state index contributed by atoms with van der Waals surface area (Å²) in [5.41, 5.74) is 7.04. The number of nitrogens with two attached hydrogens (primary N) is 1. The quantitative estimate of drug-likeness (QED) is 0.884. The maximum atomic E-state index is 12.5. The third-order valence-corrected chi connectivity index (χ3v) is 4.21. The van der Waals surface area contributed by atoms with E-state index in [0.29, 0.717) is 18.9 Å². The zero-order valence-corrected chi connectivity index (χ0v) is 14.0. The molecule has 1 aliphatic rings. The first kappa shape index (κ1) is 17.2. The van der Waals surface area contributed by atoms with Crippen molar-refractivity contribution >= 4 is 17.8 Å². The number of urea groups is 1. The van der Waals surface area contributed by atoms with Gasteiger partial charge in [-0.05, 0) is 30.9 Å². The summed E-state index contributed by atoms with van der Waals surface area (Å²) in [6, 6.07) is 2.66. The molecule has 1 aliphatic heterocycles. The fourth-order valence-corrected chi connectivity index (χ4v) is 2.44. The lowest BCUT2D eigenvalue weighted by Gasteiger charge is -2.31. The fraction of sp³-hybridized carbons (Fsp3) is 0.562. The van der Waals surface area contributed by atoms with E-state index in [9.17, 15) is 9.59 Å². The van der Waals surface area contributed by atoms with Crippen molar-refractivity contribution < 1.29 is 9.59 Å². The minimum Gasteiger partial charge on any atom is -0.320 e. The van der Waals surface area contributed by atoms with Crippen molar-refractivity contribution in [3.05, 3.63) is 23.9 Å². The zero-order valence-electron chi connectivity index (χ0n) is 14.0. The summed E-state index contributed by atoms with van der Waals surface area (Å²) in [7, 11) is 0. The van der Waals surface area contributed by atoms with Gasteiger partial charge in [-0.2, -0.15) is 0 Å². The van der Waals surface area contributed by atoms with Crippen LogP contribution in [0, 0.1) is 12.8 Å². The largest absolute Gasteiger partial charge is 0.341 e. The molecule has 3 amide bonds. The molecule has 0 spiro atoms. The average Bonchev–Trinajstić information content (AvgIpc) is 3.04. The number of hydrogen-bond donors (Lipinski definition) is 2. The summed E-state index contributed by atoms with van der Waals surface area (Å²) in [4.78, 5) is 29.1. The van der Waals surface area contributed by atoms with Gasteiger partial charge in [0.25, 0.3) is 5.91 Å². The molecule has 0 radical (unpaired) electrons. The third kappa shape index (κ3) is 3.98. The molecule has 0 aliphatic carbocycles. The molecular weight excluding hydrogens is 294 g/mol. The number of aromatic nitrogens is 1. The van der Waals surface area contributed by atoms with E-state index in [1.54, 1.807) is 12.3 Å². The lowest BCUT2D eigenvalue weighted by molar-refractivity contribution is -0.142. The first-order chi connectivity index (χ1) is 10.9. The second-order valence-electron chi connectivity index (χ2n) is 6.00. The monoisotopic (exact) mass is 319 g/mol. The number of nitrogens with zero attached hydrogens (tertiary/aromatic N) is 3. The maximum Gasteiger partial charge on any atom is 0.341 e. The van der Waals surface area contributed by atoms with Gasteiger partial charge in [-0.25, -0.2) is 19.8 Å².